The molecule has 28 heavy (non-hydrogen) atoms. The standard InChI is InChI=1S/C21H19N5OS/c1-15-24-25-21(26(15)13-16-7-3-2-4-8-16)28-14-20(27)23-18-11-17-9-5-6-10-19(17)22-12-18/h2-12H,13-14H2,1H3,(H,23,27). The molecule has 0 saturated carbocycles. The molecule has 0 aliphatic rings. The summed E-state index contributed by atoms with van der Waals surface area (Å²) in [6, 6.07) is 19.9. The van der Waals surface area contributed by atoms with Crippen molar-refractivity contribution in [3.05, 3.63) is 78.2 Å². The van der Waals surface area contributed by atoms with E-state index in [1.165, 1.54) is 17.3 Å². The van der Waals surface area contributed by atoms with E-state index in [2.05, 4.69) is 32.6 Å². The molecule has 4 aromatic rings. The average molecular weight is 389 g/mol. The summed E-state index contributed by atoms with van der Waals surface area (Å²) in [4.78, 5) is 16.7. The van der Waals surface area contributed by atoms with Crippen LogP contribution in [0.1, 0.15) is 11.4 Å². The summed E-state index contributed by atoms with van der Waals surface area (Å²) in [6.07, 6.45) is 1.67. The van der Waals surface area contributed by atoms with Gasteiger partial charge in [-0.05, 0) is 24.6 Å². The number of thioether (sulfide) groups is 1. The van der Waals surface area contributed by atoms with Crippen LogP contribution in [-0.4, -0.2) is 31.4 Å². The fourth-order valence-electron chi connectivity index (χ4n) is 2.88. The largest absolute Gasteiger partial charge is 0.324 e. The highest BCUT2D eigenvalue weighted by Gasteiger charge is 2.12. The van der Waals surface area contributed by atoms with Crippen LogP contribution in [0.5, 0.6) is 0 Å². The van der Waals surface area contributed by atoms with Crippen molar-refractivity contribution in [1.82, 2.24) is 19.7 Å². The third-order valence-corrected chi connectivity index (χ3v) is 5.26. The van der Waals surface area contributed by atoms with Crippen molar-refractivity contribution in [2.45, 2.75) is 18.6 Å². The van der Waals surface area contributed by atoms with E-state index in [9.17, 15) is 4.79 Å². The van der Waals surface area contributed by atoms with E-state index in [-0.39, 0.29) is 11.7 Å². The molecule has 0 bridgehead atoms. The van der Waals surface area contributed by atoms with E-state index in [0.717, 1.165) is 21.9 Å². The van der Waals surface area contributed by atoms with Gasteiger partial charge in [0.2, 0.25) is 5.91 Å². The van der Waals surface area contributed by atoms with Gasteiger partial charge in [-0.25, -0.2) is 0 Å². The summed E-state index contributed by atoms with van der Waals surface area (Å²) in [5.41, 5.74) is 2.75. The van der Waals surface area contributed by atoms with Gasteiger partial charge in [0, 0.05) is 5.39 Å². The first-order valence-corrected chi connectivity index (χ1v) is 9.89. The van der Waals surface area contributed by atoms with Crippen molar-refractivity contribution < 1.29 is 4.79 Å². The van der Waals surface area contributed by atoms with Crippen LogP contribution < -0.4 is 5.32 Å². The second kappa shape index (κ2) is 8.22. The predicted octanol–water partition coefficient (Wildman–Crippen LogP) is 3.91. The monoisotopic (exact) mass is 389 g/mol. The molecule has 0 spiro atoms. The van der Waals surface area contributed by atoms with Crippen LogP contribution in [0.2, 0.25) is 0 Å². The molecule has 6 nitrogen and oxygen atoms in total. The number of hydrogen-bond donors (Lipinski definition) is 1. The molecule has 140 valence electrons. The maximum absolute atomic E-state index is 12.4. The Morgan fingerprint density at radius 2 is 1.86 bits per heavy atom. The van der Waals surface area contributed by atoms with Gasteiger partial charge in [0.15, 0.2) is 5.16 Å². The third-order valence-electron chi connectivity index (χ3n) is 4.29. The number of carbonyl (C=O) groups excluding carboxylic acids is 1. The summed E-state index contributed by atoms with van der Waals surface area (Å²) in [6.45, 7) is 2.60. The van der Waals surface area contributed by atoms with Gasteiger partial charge in [-0.2, -0.15) is 0 Å². The minimum Gasteiger partial charge on any atom is -0.324 e. The first kappa shape index (κ1) is 18.2. The minimum atomic E-state index is -0.103. The second-order valence-electron chi connectivity index (χ2n) is 6.36. The van der Waals surface area contributed by atoms with Crippen LogP contribution in [0.25, 0.3) is 10.9 Å². The van der Waals surface area contributed by atoms with Crippen LogP contribution in [0.4, 0.5) is 5.69 Å². The summed E-state index contributed by atoms with van der Waals surface area (Å²) >= 11 is 1.38. The van der Waals surface area contributed by atoms with Gasteiger partial charge in [-0.15, -0.1) is 10.2 Å². The fourth-order valence-corrected chi connectivity index (χ4v) is 3.67. The molecule has 7 heteroatoms. The molecular weight excluding hydrogens is 370 g/mol. The lowest BCUT2D eigenvalue weighted by atomic mass is 10.2. The lowest BCUT2D eigenvalue weighted by Crippen LogP contribution is -2.15. The van der Waals surface area contributed by atoms with Crippen LogP contribution in [-0.2, 0) is 11.3 Å². The number of pyridine rings is 1. The molecule has 0 saturated heterocycles. The highest BCUT2D eigenvalue weighted by Crippen LogP contribution is 2.20. The van der Waals surface area contributed by atoms with Gasteiger partial charge < -0.3 is 9.88 Å². The molecule has 2 heterocycles. The smallest absolute Gasteiger partial charge is 0.234 e. The van der Waals surface area contributed by atoms with Gasteiger partial charge >= 0.3 is 0 Å². The Hall–Kier alpha value is -3.19. The highest BCUT2D eigenvalue weighted by molar-refractivity contribution is 7.99. The Balaban J connectivity index is 1.40. The molecular formula is C21H19N5OS. The van der Waals surface area contributed by atoms with Crippen LogP contribution >= 0.6 is 11.8 Å². The van der Waals surface area contributed by atoms with Gasteiger partial charge in [-0.3, -0.25) is 9.78 Å². The fraction of sp³-hybridized carbons (Fsp3) is 0.143. The SMILES string of the molecule is Cc1nnc(SCC(=O)Nc2cnc3ccccc3c2)n1Cc1ccccc1. The number of amides is 1. The predicted molar refractivity (Wildman–Crippen MR) is 111 cm³/mol. The zero-order valence-electron chi connectivity index (χ0n) is 15.4. The van der Waals surface area contributed by atoms with Crippen LogP contribution in [0.15, 0.2) is 72.0 Å². The van der Waals surface area contributed by atoms with Crippen molar-refractivity contribution in [1.29, 1.82) is 0 Å². The first-order valence-electron chi connectivity index (χ1n) is 8.90. The van der Waals surface area contributed by atoms with E-state index in [1.807, 2.05) is 60.0 Å². The van der Waals surface area contributed by atoms with Gasteiger partial charge in [0.1, 0.15) is 5.82 Å². The zero-order valence-corrected chi connectivity index (χ0v) is 16.2. The number of aryl methyl sites for hydroxylation is 1. The number of fused-ring (bicyclic) bond motifs is 1. The summed E-state index contributed by atoms with van der Waals surface area (Å²) in [7, 11) is 0. The molecule has 0 radical (unpaired) electrons. The third kappa shape index (κ3) is 4.20. The lowest BCUT2D eigenvalue weighted by molar-refractivity contribution is -0.113. The molecule has 2 aromatic carbocycles. The topological polar surface area (TPSA) is 72.7 Å². The van der Waals surface area contributed by atoms with E-state index >= 15 is 0 Å². The van der Waals surface area contributed by atoms with Crippen LogP contribution in [0.3, 0.4) is 0 Å². The van der Waals surface area contributed by atoms with Crippen LogP contribution in [0, 0.1) is 6.92 Å². The second-order valence-corrected chi connectivity index (χ2v) is 7.30. The van der Waals surface area contributed by atoms with E-state index in [1.54, 1.807) is 6.20 Å². The molecule has 1 amide bonds. The summed E-state index contributed by atoms with van der Waals surface area (Å²) in [5.74, 6) is 0.971. The Labute approximate surface area is 167 Å². The average Bonchev–Trinajstić information content (AvgIpc) is 3.06. The maximum atomic E-state index is 12.4. The number of carbonyl (C=O) groups is 1. The number of nitrogens with zero attached hydrogens (tertiary/aromatic N) is 4. The number of benzene rings is 2. The molecule has 4 rings (SSSR count). The number of rotatable bonds is 6. The number of hydrogen-bond acceptors (Lipinski definition) is 5. The molecule has 0 aliphatic heterocycles. The van der Waals surface area contributed by atoms with E-state index in [0.29, 0.717) is 12.2 Å². The van der Waals surface area contributed by atoms with E-state index < -0.39 is 0 Å². The first-order chi connectivity index (χ1) is 13.7. The van der Waals surface area contributed by atoms with Crippen molar-refractivity contribution in [2.24, 2.45) is 0 Å². The normalized spacial score (nSPS) is 10.9. The van der Waals surface area contributed by atoms with Crippen molar-refractivity contribution in [3.8, 4) is 0 Å². The lowest BCUT2D eigenvalue weighted by Gasteiger charge is -2.09. The molecule has 0 unspecified atom stereocenters. The van der Waals surface area contributed by atoms with Crippen molar-refractivity contribution >= 4 is 34.3 Å². The summed E-state index contributed by atoms with van der Waals surface area (Å²) in [5, 5.41) is 13.0. The molecule has 0 fully saturated rings. The van der Waals surface area contributed by atoms with Gasteiger partial charge in [0.05, 0.1) is 29.7 Å². The van der Waals surface area contributed by atoms with Gasteiger partial charge in [-0.1, -0.05) is 60.3 Å². The maximum Gasteiger partial charge on any atom is 0.234 e. The quantitative estimate of drug-likeness (QED) is 0.506. The Morgan fingerprint density at radius 3 is 2.71 bits per heavy atom. The minimum absolute atomic E-state index is 0.103. The van der Waals surface area contributed by atoms with E-state index in [4.69, 9.17) is 0 Å². The van der Waals surface area contributed by atoms with Crippen molar-refractivity contribution in [3.63, 3.8) is 0 Å². The Bertz CT molecular complexity index is 1110. The van der Waals surface area contributed by atoms with Crippen molar-refractivity contribution in [2.75, 3.05) is 11.1 Å². The Kier molecular flexibility index (Phi) is 5.34. The summed E-state index contributed by atoms with van der Waals surface area (Å²) < 4.78 is 2.02. The highest BCUT2D eigenvalue weighted by atomic mass is 32.2. The molecule has 0 atom stereocenters. The van der Waals surface area contributed by atoms with Gasteiger partial charge in [0.25, 0.3) is 0 Å². The number of nitrogens with one attached hydrogen (secondary N) is 1. The number of anilines is 1. The molecule has 2 aromatic heterocycles. The number of aromatic nitrogens is 4. The number of para-hydroxylation sites is 1. The molecule has 0 aliphatic carbocycles. The Morgan fingerprint density at radius 1 is 1.07 bits per heavy atom. The molecule has 1 N–H and O–H groups in total. The zero-order chi connectivity index (χ0) is 19.3.